The smallest absolute Gasteiger partial charge is 0.221 e. The zero-order valence-electron chi connectivity index (χ0n) is 14.3. The summed E-state index contributed by atoms with van der Waals surface area (Å²) in [6, 6.07) is 11.3. The molecule has 1 aromatic carbocycles. The Kier molecular flexibility index (Phi) is 5.37. The quantitative estimate of drug-likeness (QED) is 0.694. The average molecular weight is 404 g/mol. The highest BCUT2D eigenvalue weighted by Crippen LogP contribution is 2.29. The van der Waals surface area contributed by atoms with Crippen LogP contribution in [0, 0.1) is 11.3 Å². The van der Waals surface area contributed by atoms with E-state index in [-0.39, 0.29) is 22.3 Å². The molecule has 1 aliphatic rings. The number of hydrogen-bond acceptors (Lipinski definition) is 6. The number of sulfone groups is 1. The van der Waals surface area contributed by atoms with Crippen LogP contribution in [0.15, 0.2) is 52.5 Å². The number of nitrogens with zero attached hydrogens (tertiary/aromatic N) is 3. The standard InChI is InChI=1S/C18H17N5O2S.ClH/c19-12-13-1-3-14(4-2-13)26(24,25)17-11-15-16(22-17)5-6-21-18(15)23-9-7-20-8-10-23;/h1-6,11,20,22H,7-10H2;1H. The van der Waals surface area contributed by atoms with E-state index in [4.69, 9.17) is 5.26 Å². The maximum Gasteiger partial charge on any atom is 0.221 e. The number of nitriles is 1. The van der Waals surface area contributed by atoms with E-state index in [1.165, 1.54) is 24.3 Å². The zero-order chi connectivity index (χ0) is 18.1. The van der Waals surface area contributed by atoms with Crippen molar-refractivity contribution in [3.8, 4) is 6.07 Å². The molecular weight excluding hydrogens is 386 g/mol. The Morgan fingerprint density at radius 3 is 2.48 bits per heavy atom. The molecule has 27 heavy (non-hydrogen) atoms. The molecule has 0 spiro atoms. The number of aromatic nitrogens is 2. The Labute approximate surface area is 163 Å². The molecule has 7 nitrogen and oxygen atoms in total. The third kappa shape index (κ3) is 3.49. The molecule has 4 rings (SSSR count). The number of anilines is 1. The lowest BCUT2D eigenvalue weighted by atomic mass is 10.2. The van der Waals surface area contributed by atoms with Gasteiger partial charge in [0, 0.05) is 37.8 Å². The summed E-state index contributed by atoms with van der Waals surface area (Å²) in [6.45, 7) is 3.40. The Morgan fingerprint density at radius 2 is 1.81 bits per heavy atom. The minimum absolute atomic E-state index is 0. The number of hydrogen-bond donors (Lipinski definition) is 2. The maximum atomic E-state index is 12.9. The van der Waals surface area contributed by atoms with Crippen LogP contribution in [0.25, 0.3) is 10.9 Å². The number of H-pyrrole nitrogens is 1. The number of fused-ring (bicyclic) bond motifs is 1. The highest BCUT2D eigenvalue weighted by Gasteiger charge is 2.23. The number of halogens is 1. The van der Waals surface area contributed by atoms with Crippen LogP contribution < -0.4 is 10.2 Å². The van der Waals surface area contributed by atoms with Crippen LogP contribution in [0.4, 0.5) is 5.82 Å². The van der Waals surface area contributed by atoms with Gasteiger partial charge in [0.05, 0.1) is 22.0 Å². The number of rotatable bonds is 3. The molecule has 0 saturated carbocycles. The van der Waals surface area contributed by atoms with E-state index < -0.39 is 9.84 Å². The lowest BCUT2D eigenvalue weighted by molar-refractivity contribution is 0.586. The molecular formula is C18H18ClN5O2S. The monoisotopic (exact) mass is 403 g/mol. The second-order valence-electron chi connectivity index (χ2n) is 6.11. The first kappa shape index (κ1) is 19.2. The molecule has 3 heterocycles. The van der Waals surface area contributed by atoms with Crippen molar-refractivity contribution < 1.29 is 8.42 Å². The first-order valence-electron chi connectivity index (χ1n) is 8.28. The van der Waals surface area contributed by atoms with Crippen molar-refractivity contribution in [2.24, 2.45) is 0 Å². The van der Waals surface area contributed by atoms with Crippen molar-refractivity contribution in [3.05, 3.63) is 48.2 Å². The fourth-order valence-electron chi connectivity index (χ4n) is 3.12. The summed E-state index contributed by atoms with van der Waals surface area (Å²) in [7, 11) is -3.70. The molecule has 1 fully saturated rings. The van der Waals surface area contributed by atoms with E-state index in [0.717, 1.165) is 42.9 Å². The average Bonchev–Trinajstić information content (AvgIpc) is 3.14. The van der Waals surface area contributed by atoms with Crippen molar-refractivity contribution in [2.45, 2.75) is 9.92 Å². The summed E-state index contributed by atoms with van der Waals surface area (Å²) in [5.41, 5.74) is 1.16. The van der Waals surface area contributed by atoms with Crippen LogP contribution in [0.1, 0.15) is 5.56 Å². The van der Waals surface area contributed by atoms with E-state index in [2.05, 4.69) is 20.2 Å². The molecule has 0 amide bonds. The number of nitrogens with one attached hydrogen (secondary N) is 2. The van der Waals surface area contributed by atoms with Gasteiger partial charge in [-0.3, -0.25) is 0 Å². The number of piperazine rings is 1. The van der Waals surface area contributed by atoms with Gasteiger partial charge >= 0.3 is 0 Å². The lowest BCUT2D eigenvalue weighted by Crippen LogP contribution is -2.43. The second kappa shape index (κ2) is 7.56. The van der Waals surface area contributed by atoms with Crippen LogP contribution in [0.5, 0.6) is 0 Å². The van der Waals surface area contributed by atoms with Crippen LogP contribution in [-0.4, -0.2) is 44.6 Å². The first-order chi connectivity index (χ1) is 12.6. The topological polar surface area (TPSA) is 102 Å². The van der Waals surface area contributed by atoms with E-state index >= 15 is 0 Å². The third-order valence-electron chi connectivity index (χ3n) is 4.50. The summed E-state index contributed by atoms with van der Waals surface area (Å²) in [4.78, 5) is 9.79. The van der Waals surface area contributed by atoms with E-state index in [9.17, 15) is 8.42 Å². The van der Waals surface area contributed by atoms with Gasteiger partial charge in [0.15, 0.2) is 0 Å². The molecule has 2 N–H and O–H groups in total. The van der Waals surface area contributed by atoms with Crippen molar-refractivity contribution in [1.82, 2.24) is 15.3 Å². The van der Waals surface area contributed by atoms with Crippen molar-refractivity contribution in [2.75, 3.05) is 31.1 Å². The Balaban J connectivity index is 0.00000210. The SMILES string of the molecule is Cl.N#Cc1ccc(S(=O)(=O)c2cc3c(N4CCNCC4)nccc3[nH]2)cc1. The zero-order valence-corrected chi connectivity index (χ0v) is 16.0. The Hall–Kier alpha value is -2.60. The van der Waals surface area contributed by atoms with Gasteiger partial charge in [-0.05, 0) is 36.4 Å². The van der Waals surface area contributed by atoms with E-state index in [0.29, 0.717) is 5.56 Å². The summed E-state index contributed by atoms with van der Waals surface area (Å²) in [5, 5.41) is 13.1. The molecule has 1 aliphatic heterocycles. The third-order valence-corrected chi connectivity index (χ3v) is 6.19. The normalized spacial score (nSPS) is 14.6. The molecule has 3 aromatic rings. The van der Waals surface area contributed by atoms with Gasteiger partial charge in [0.25, 0.3) is 0 Å². The van der Waals surface area contributed by atoms with Gasteiger partial charge in [0.2, 0.25) is 9.84 Å². The molecule has 0 unspecified atom stereocenters. The van der Waals surface area contributed by atoms with E-state index in [1.807, 2.05) is 6.07 Å². The Bertz CT molecular complexity index is 1100. The first-order valence-corrected chi connectivity index (χ1v) is 9.76. The van der Waals surface area contributed by atoms with Crippen molar-refractivity contribution in [3.63, 3.8) is 0 Å². The Morgan fingerprint density at radius 1 is 1.11 bits per heavy atom. The minimum atomic E-state index is -3.70. The largest absolute Gasteiger partial charge is 0.354 e. The molecule has 2 aromatic heterocycles. The van der Waals surface area contributed by atoms with Crippen LogP contribution >= 0.6 is 12.4 Å². The van der Waals surface area contributed by atoms with Gasteiger partial charge in [-0.15, -0.1) is 12.4 Å². The van der Waals surface area contributed by atoms with Gasteiger partial charge < -0.3 is 15.2 Å². The minimum Gasteiger partial charge on any atom is -0.354 e. The predicted molar refractivity (Wildman–Crippen MR) is 105 cm³/mol. The molecule has 0 aliphatic carbocycles. The number of aromatic amines is 1. The number of benzene rings is 1. The highest BCUT2D eigenvalue weighted by atomic mass is 35.5. The number of pyridine rings is 1. The lowest BCUT2D eigenvalue weighted by Gasteiger charge is -2.28. The fraction of sp³-hybridized carbons (Fsp3) is 0.222. The van der Waals surface area contributed by atoms with Gasteiger partial charge in [-0.1, -0.05) is 0 Å². The summed E-state index contributed by atoms with van der Waals surface area (Å²) < 4.78 is 25.9. The fourth-order valence-corrected chi connectivity index (χ4v) is 4.39. The molecule has 0 atom stereocenters. The van der Waals surface area contributed by atoms with Crippen LogP contribution in [0.2, 0.25) is 0 Å². The summed E-state index contributed by atoms with van der Waals surface area (Å²) >= 11 is 0. The summed E-state index contributed by atoms with van der Waals surface area (Å²) in [5.74, 6) is 0.793. The van der Waals surface area contributed by atoms with E-state index in [1.54, 1.807) is 18.3 Å². The summed E-state index contributed by atoms with van der Waals surface area (Å²) in [6.07, 6.45) is 1.69. The highest BCUT2D eigenvalue weighted by molar-refractivity contribution is 7.91. The molecule has 9 heteroatoms. The predicted octanol–water partition coefficient (Wildman–Crippen LogP) is 2.10. The van der Waals surface area contributed by atoms with Crippen molar-refractivity contribution >= 4 is 39.0 Å². The molecule has 140 valence electrons. The molecule has 0 radical (unpaired) electrons. The molecule has 1 saturated heterocycles. The van der Waals surface area contributed by atoms with Crippen LogP contribution in [-0.2, 0) is 9.84 Å². The van der Waals surface area contributed by atoms with Crippen molar-refractivity contribution in [1.29, 1.82) is 5.26 Å². The van der Waals surface area contributed by atoms with Crippen LogP contribution in [0.3, 0.4) is 0 Å². The maximum absolute atomic E-state index is 12.9. The second-order valence-corrected chi connectivity index (χ2v) is 8.02. The molecule has 0 bridgehead atoms. The van der Waals surface area contributed by atoms with Gasteiger partial charge in [-0.2, -0.15) is 5.26 Å². The van der Waals surface area contributed by atoms with Gasteiger partial charge in [-0.25, -0.2) is 13.4 Å². The van der Waals surface area contributed by atoms with Gasteiger partial charge in [0.1, 0.15) is 10.8 Å².